The minimum absolute atomic E-state index is 0.0387. The molecule has 2 aliphatic rings. The molecule has 5 rings (SSSR count). The molecule has 174 valence electrons. The van der Waals surface area contributed by atoms with Gasteiger partial charge in [-0.05, 0) is 62.1 Å². The highest BCUT2D eigenvalue weighted by Gasteiger charge is 2.36. The molecule has 2 saturated heterocycles. The Labute approximate surface area is 197 Å². The molecule has 9 heteroatoms. The molecule has 1 amide bonds. The predicted octanol–water partition coefficient (Wildman–Crippen LogP) is 4.24. The van der Waals surface area contributed by atoms with Crippen molar-refractivity contribution in [1.82, 2.24) is 14.2 Å². The van der Waals surface area contributed by atoms with Gasteiger partial charge in [0.25, 0.3) is 0 Å². The Balaban J connectivity index is 1.22. The van der Waals surface area contributed by atoms with Crippen molar-refractivity contribution in [3.8, 4) is 0 Å². The number of carbonyl (C=O) groups excluding carboxylic acids is 1. The van der Waals surface area contributed by atoms with Crippen LogP contribution in [-0.4, -0.2) is 54.7 Å². The molecule has 2 fully saturated rings. The molecule has 0 spiro atoms. The fourth-order valence-corrected chi connectivity index (χ4v) is 7.45. The third kappa shape index (κ3) is 4.54. The standard InChI is InChI=1S/C24H26FN3O3S2/c25-19-7-9-20(10-8-19)33(30,31)28-13-3-4-18(16-28)24(29)27-14-11-17(12-15-27)23-26-21-5-1-2-6-22(21)32-23/h1-2,5-10,17-18H,3-4,11-16H2/t18-/m0/s1. The van der Waals surface area contributed by atoms with Crippen LogP contribution in [0.4, 0.5) is 4.39 Å². The number of rotatable bonds is 4. The summed E-state index contributed by atoms with van der Waals surface area (Å²) < 4.78 is 41.8. The van der Waals surface area contributed by atoms with Crippen molar-refractivity contribution in [3.63, 3.8) is 0 Å². The SMILES string of the molecule is O=C([C@H]1CCCN(S(=O)(=O)c2ccc(F)cc2)C1)N1CCC(c2nc3ccccc3s2)CC1. The van der Waals surface area contributed by atoms with Crippen LogP contribution < -0.4 is 0 Å². The lowest BCUT2D eigenvalue weighted by molar-refractivity contribution is -0.137. The van der Waals surface area contributed by atoms with E-state index in [0.717, 1.165) is 35.5 Å². The van der Waals surface area contributed by atoms with Gasteiger partial charge in [-0.3, -0.25) is 4.79 Å². The fraction of sp³-hybridized carbons (Fsp3) is 0.417. The van der Waals surface area contributed by atoms with Crippen LogP contribution in [0.3, 0.4) is 0 Å². The second kappa shape index (κ2) is 9.12. The highest BCUT2D eigenvalue weighted by molar-refractivity contribution is 7.89. The first-order valence-electron chi connectivity index (χ1n) is 11.3. The van der Waals surface area contributed by atoms with Gasteiger partial charge < -0.3 is 4.90 Å². The predicted molar refractivity (Wildman–Crippen MR) is 126 cm³/mol. The number of thiazole rings is 1. The number of halogens is 1. The Morgan fingerprint density at radius 2 is 1.73 bits per heavy atom. The van der Waals surface area contributed by atoms with Crippen LogP contribution in [0.25, 0.3) is 10.2 Å². The van der Waals surface area contributed by atoms with E-state index in [1.54, 1.807) is 11.3 Å². The second-order valence-corrected chi connectivity index (χ2v) is 11.8. The summed E-state index contributed by atoms with van der Waals surface area (Å²) in [7, 11) is -3.74. The van der Waals surface area contributed by atoms with Crippen molar-refractivity contribution >= 4 is 37.5 Å². The Hall–Kier alpha value is -2.36. The van der Waals surface area contributed by atoms with Gasteiger partial charge in [-0.15, -0.1) is 11.3 Å². The van der Waals surface area contributed by atoms with E-state index in [1.807, 2.05) is 23.1 Å². The Kier molecular flexibility index (Phi) is 6.20. The Morgan fingerprint density at radius 3 is 2.45 bits per heavy atom. The number of hydrogen-bond donors (Lipinski definition) is 0. The van der Waals surface area contributed by atoms with Crippen LogP contribution >= 0.6 is 11.3 Å². The summed E-state index contributed by atoms with van der Waals surface area (Å²) in [5, 5.41) is 1.14. The summed E-state index contributed by atoms with van der Waals surface area (Å²) in [4.78, 5) is 20.0. The molecule has 0 bridgehead atoms. The molecule has 0 radical (unpaired) electrons. The average molecular weight is 488 g/mol. The molecule has 2 aliphatic heterocycles. The molecule has 0 aliphatic carbocycles. The molecular formula is C24H26FN3O3S2. The smallest absolute Gasteiger partial charge is 0.243 e. The normalized spacial score (nSPS) is 20.9. The van der Waals surface area contributed by atoms with Gasteiger partial charge in [0, 0.05) is 32.1 Å². The molecule has 1 atom stereocenters. The van der Waals surface area contributed by atoms with Crippen molar-refractivity contribution in [2.75, 3.05) is 26.2 Å². The number of benzene rings is 2. The van der Waals surface area contributed by atoms with Gasteiger partial charge in [0.15, 0.2) is 0 Å². The zero-order valence-corrected chi connectivity index (χ0v) is 19.8. The van der Waals surface area contributed by atoms with Crippen LogP contribution in [0.15, 0.2) is 53.4 Å². The first kappa shape index (κ1) is 22.4. The quantitative estimate of drug-likeness (QED) is 0.552. The molecule has 0 N–H and O–H groups in total. The maximum atomic E-state index is 13.2. The van der Waals surface area contributed by atoms with Crippen LogP contribution in [0.5, 0.6) is 0 Å². The number of hydrogen-bond acceptors (Lipinski definition) is 5. The number of aromatic nitrogens is 1. The molecule has 1 aromatic heterocycles. The largest absolute Gasteiger partial charge is 0.342 e. The van der Waals surface area contributed by atoms with E-state index < -0.39 is 15.8 Å². The van der Waals surface area contributed by atoms with Crippen molar-refractivity contribution in [2.24, 2.45) is 5.92 Å². The van der Waals surface area contributed by atoms with Crippen molar-refractivity contribution in [2.45, 2.75) is 36.5 Å². The van der Waals surface area contributed by atoms with E-state index in [4.69, 9.17) is 4.98 Å². The summed E-state index contributed by atoms with van der Waals surface area (Å²) in [5.74, 6) is -0.423. The minimum Gasteiger partial charge on any atom is -0.342 e. The van der Waals surface area contributed by atoms with Gasteiger partial charge in [-0.2, -0.15) is 4.31 Å². The third-order valence-electron chi connectivity index (χ3n) is 6.65. The number of carbonyl (C=O) groups is 1. The zero-order chi connectivity index (χ0) is 23.0. The molecule has 6 nitrogen and oxygen atoms in total. The molecule has 33 heavy (non-hydrogen) atoms. The molecular weight excluding hydrogens is 461 g/mol. The van der Waals surface area contributed by atoms with Gasteiger partial charge in [-0.25, -0.2) is 17.8 Å². The van der Waals surface area contributed by atoms with E-state index >= 15 is 0 Å². The number of sulfonamides is 1. The third-order valence-corrected chi connectivity index (χ3v) is 9.73. The maximum Gasteiger partial charge on any atom is 0.243 e. The number of nitrogens with zero attached hydrogens (tertiary/aromatic N) is 3. The number of amides is 1. The first-order chi connectivity index (χ1) is 15.9. The van der Waals surface area contributed by atoms with E-state index in [9.17, 15) is 17.6 Å². The molecule has 3 aromatic rings. The van der Waals surface area contributed by atoms with Crippen LogP contribution in [0.2, 0.25) is 0 Å². The van der Waals surface area contributed by atoms with Crippen molar-refractivity contribution in [1.29, 1.82) is 0 Å². The molecule has 3 heterocycles. The lowest BCUT2D eigenvalue weighted by atomic mass is 9.93. The first-order valence-corrected chi connectivity index (χ1v) is 13.6. The Bertz CT molecular complexity index is 1220. The zero-order valence-electron chi connectivity index (χ0n) is 18.2. The number of para-hydroxylation sites is 1. The summed E-state index contributed by atoms with van der Waals surface area (Å²) in [6.07, 6.45) is 3.07. The van der Waals surface area contributed by atoms with Gasteiger partial charge in [0.05, 0.1) is 26.0 Å². The highest BCUT2D eigenvalue weighted by Crippen LogP contribution is 2.34. The minimum atomic E-state index is -3.74. The molecule has 0 unspecified atom stereocenters. The number of fused-ring (bicyclic) bond motifs is 1. The highest BCUT2D eigenvalue weighted by atomic mass is 32.2. The number of likely N-dealkylation sites (tertiary alicyclic amines) is 1. The summed E-state index contributed by atoms with van der Waals surface area (Å²) in [6, 6.07) is 13.0. The topological polar surface area (TPSA) is 70.6 Å². The van der Waals surface area contributed by atoms with Gasteiger partial charge >= 0.3 is 0 Å². The molecule has 0 saturated carbocycles. The van der Waals surface area contributed by atoms with Crippen molar-refractivity contribution < 1.29 is 17.6 Å². The van der Waals surface area contributed by atoms with E-state index in [1.165, 1.54) is 21.1 Å². The van der Waals surface area contributed by atoms with Crippen LogP contribution in [0, 0.1) is 11.7 Å². The van der Waals surface area contributed by atoms with E-state index in [-0.39, 0.29) is 23.3 Å². The Morgan fingerprint density at radius 1 is 1.00 bits per heavy atom. The van der Waals surface area contributed by atoms with Crippen molar-refractivity contribution in [3.05, 3.63) is 59.4 Å². The fourth-order valence-electron chi connectivity index (χ4n) is 4.79. The number of piperidine rings is 2. The van der Waals surface area contributed by atoms with Crippen LogP contribution in [0.1, 0.15) is 36.6 Å². The monoisotopic (exact) mass is 487 g/mol. The average Bonchev–Trinajstić information content (AvgIpc) is 3.28. The summed E-state index contributed by atoms with van der Waals surface area (Å²) in [5.41, 5.74) is 1.03. The second-order valence-electron chi connectivity index (χ2n) is 8.78. The lowest BCUT2D eigenvalue weighted by Gasteiger charge is -2.37. The van der Waals surface area contributed by atoms with Gasteiger partial charge in [-0.1, -0.05) is 12.1 Å². The van der Waals surface area contributed by atoms with E-state index in [2.05, 4.69) is 6.07 Å². The van der Waals surface area contributed by atoms with E-state index in [0.29, 0.717) is 38.4 Å². The lowest BCUT2D eigenvalue weighted by Crippen LogP contribution is -2.48. The van der Waals surface area contributed by atoms with Gasteiger partial charge in [0.1, 0.15) is 5.82 Å². The summed E-state index contributed by atoms with van der Waals surface area (Å²) >= 11 is 1.73. The molecule has 2 aromatic carbocycles. The van der Waals surface area contributed by atoms with Crippen LogP contribution in [-0.2, 0) is 14.8 Å². The van der Waals surface area contributed by atoms with Gasteiger partial charge in [0.2, 0.25) is 15.9 Å². The summed E-state index contributed by atoms with van der Waals surface area (Å²) in [6.45, 7) is 1.89. The maximum absolute atomic E-state index is 13.2.